The lowest BCUT2D eigenvalue weighted by Gasteiger charge is -2.18. The van der Waals surface area contributed by atoms with E-state index < -0.39 is 0 Å². The molecule has 4 nitrogen and oxygen atoms in total. The summed E-state index contributed by atoms with van der Waals surface area (Å²) in [6.45, 7) is 1.67. The van der Waals surface area contributed by atoms with Crippen LogP contribution in [0.5, 0.6) is 0 Å². The van der Waals surface area contributed by atoms with Crippen molar-refractivity contribution >= 4 is 43.5 Å². The Balaban J connectivity index is 2.36. The van der Waals surface area contributed by atoms with Gasteiger partial charge in [-0.25, -0.2) is 0 Å². The number of nitrogens with zero attached hydrogens (tertiary/aromatic N) is 3. The Morgan fingerprint density at radius 2 is 2.05 bits per heavy atom. The van der Waals surface area contributed by atoms with Crippen LogP contribution in [0.25, 0.3) is 0 Å². The Bertz CT molecular complexity index is 627. The first-order valence-corrected chi connectivity index (χ1v) is 8.43. The first-order valence-electron chi connectivity index (χ1n) is 6.46. The zero-order valence-corrected chi connectivity index (χ0v) is 15.8. The molecule has 0 aliphatic heterocycles. The van der Waals surface area contributed by atoms with E-state index >= 15 is 0 Å². The van der Waals surface area contributed by atoms with Gasteiger partial charge in [0.15, 0.2) is 0 Å². The summed E-state index contributed by atoms with van der Waals surface area (Å²) in [5.74, 6) is 0. The third kappa shape index (κ3) is 4.07. The Morgan fingerprint density at radius 1 is 1.33 bits per heavy atom. The summed E-state index contributed by atoms with van der Waals surface area (Å²) in [6.07, 6.45) is 1.78. The van der Waals surface area contributed by atoms with Crippen molar-refractivity contribution in [3.8, 4) is 0 Å². The van der Waals surface area contributed by atoms with Gasteiger partial charge in [-0.05, 0) is 53.8 Å². The highest BCUT2D eigenvalue weighted by Gasteiger charge is 2.20. The Kier molecular flexibility index (Phi) is 5.85. The summed E-state index contributed by atoms with van der Waals surface area (Å²) in [5, 5.41) is 5.07. The minimum absolute atomic E-state index is 0.308. The molecule has 0 bridgehead atoms. The van der Waals surface area contributed by atoms with Gasteiger partial charge in [-0.2, -0.15) is 5.10 Å². The van der Waals surface area contributed by atoms with Crippen LogP contribution in [0, 0.1) is 0 Å². The lowest BCUT2D eigenvalue weighted by molar-refractivity contribution is 0.368. The molecule has 2 N–H and O–H groups in total. The maximum absolute atomic E-state index is 6.45. The molecule has 1 heterocycles. The second kappa shape index (κ2) is 7.24. The van der Waals surface area contributed by atoms with E-state index in [0.717, 1.165) is 33.3 Å². The molecule has 0 saturated carbocycles. The van der Waals surface area contributed by atoms with Gasteiger partial charge in [0, 0.05) is 16.0 Å². The number of hydrogen-bond donors (Lipinski definition) is 1. The van der Waals surface area contributed by atoms with Gasteiger partial charge >= 0.3 is 0 Å². The summed E-state index contributed by atoms with van der Waals surface area (Å²) in [7, 11) is 4.07. The largest absolute Gasteiger partial charge is 0.319 e. The highest BCUT2D eigenvalue weighted by atomic mass is 79.9. The van der Waals surface area contributed by atoms with Crippen molar-refractivity contribution in [1.29, 1.82) is 0 Å². The highest BCUT2D eigenvalue weighted by Crippen LogP contribution is 2.32. The van der Waals surface area contributed by atoms with Crippen molar-refractivity contribution in [3.05, 3.63) is 49.6 Å². The van der Waals surface area contributed by atoms with E-state index in [1.165, 1.54) is 0 Å². The zero-order valence-electron chi connectivity index (χ0n) is 11.9. The van der Waals surface area contributed by atoms with E-state index in [1.54, 1.807) is 6.20 Å². The summed E-state index contributed by atoms with van der Waals surface area (Å²) in [4.78, 5) is 2.11. The topological polar surface area (TPSA) is 47.1 Å². The molecule has 7 heteroatoms. The third-order valence-corrected chi connectivity index (χ3v) is 4.75. The van der Waals surface area contributed by atoms with Crippen molar-refractivity contribution in [1.82, 2.24) is 14.7 Å². The number of nitrogens with two attached hydrogens (primary N) is 1. The number of benzene rings is 1. The first kappa shape index (κ1) is 17.0. The lowest BCUT2D eigenvalue weighted by atomic mass is 10.0. The van der Waals surface area contributed by atoms with Gasteiger partial charge in [-0.3, -0.25) is 4.68 Å². The van der Waals surface area contributed by atoms with Crippen LogP contribution in [-0.2, 0) is 6.54 Å². The number of aromatic nitrogens is 2. The van der Waals surface area contributed by atoms with Crippen LogP contribution in [0.3, 0.4) is 0 Å². The predicted octanol–water partition coefficient (Wildman–Crippen LogP) is 3.67. The molecule has 2 rings (SSSR count). The smallest absolute Gasteiger partial charge is 0.0746 e. The van der Waals surface area contributed by atoms with Gasteiger partial charge in [0.2, 0.25) is 0 Å². The average molecular weight is 437 g/mol. The molecule has 2 aromatic rings. The van der Waals surface area contributed by atoms with Crippen LogP contribution in [0.1, 0.15) is 17.3 Å². The minimum Gasteiger partial charge on any atom is -0.319 e. The fourth-order valence-corrected chi connectivity index (χ4v) is 3.27. The zero-order chi connectivity index (χ0) is 15.6. The summed E-state index contributed by atoms with van der Waals surface area (Å²) >= 11 is 13.2. The molecule has 1 atom stereocenters. The third-order valence-electron chi connectivity index (χ3n) is 3.18. The number of hydrogen-bond acceptors (Lipinski definition) is 3. The van der Waals surface area contributed by atoms with Crippen LogP contribution < -0.4 is 5.73 Å². The molecule has 0 radical (unpaired) electrons. The first-order chi connectivity index (χ1) is 9.90. The molecule has 1 unspecified atom stereocenters. The van der Waals surface area contributed by atoms with Crippen LogP contribution in [0.4, 0.5) is 0 Å². The van der Waals surface area contributed by atoms with E-state index in [1.807, 2.05) is 37.0 Å². The molecular formula is C14H17Br2ClN4. The predicted molar refractivity (Wildman–Crippen MR) is 93.7 cm³/mol. The molecular weight excluding hydrogens is 419 g/mol. The molecule has 0 aliphatic carbocycles. The summed E-state index contributed by atoms with van der Waals surface area (Å²) in [6, 6.07) is 5.32. The van der Waals surface area contributed by atoms with Crippen LogP contribution in [-0.4, -0.2) is 35.3 Å². The van der Waals surface area contributed by atoms with E-state index in [-0.39, 0.29) is 6.04 Å². The van der Waals surface area contributed by atoms with Gasteiger partial charge < -0.3 is 10.6 Å². The molecule has 1 aromatic carbocycles. The lowest BCUT2D eigenvalue weighted by Crippen LogP contribution is -2.23. The summed E-state index contributed by atoms with van der Waals surface area (Å²) in [5.41, 5.74) is 8.33. The molecule has 1 aromatic heterocycles. The average Bonchev–Trinajstić information content (AvgIpc) is 2.79. The summed E-state index contributed by atoms with van der Waals surface area (Å²) < 4.78 is 3.77. The van der Waals surface area contributed by atoms with Crippen molar-refractivity contribution < 1.29 is 0 Å². The monoisotopic (exact) mass is 434 g/mol. The van der Waals surface area contributed by atoms with Gasteiger partial charge in [-0.15, -0.1) is 0 Å². The van der Waals surface area contributed by atoms with Crippen molar-refractivity contribution in [2.75, 3.05) is 20.6 Å². The molecule has 0 amide bonds. The number of halogens is 3. The van der Waals surface area contributed by atoms with Crippen molar-refractivity contribution in [3.63, 3.8) is 0 Å². The fourth-order valence-electron chi connectivity index (χ4n) is 2.05. The molecule has 0 spiro atoms. The molecule has 0 aliphatic rings. The Labute approximate surface area is 146 Å². The second-order valence-corrected chi connectivity index (χ2v) is 7.19. The van der Waals surface area contributed by atoms with E-state index in [2.05, 4.69) is 41.9 Å². The number of rotatable bonds is 5. The molecule has 21 heavy (non-hydrogen) atoms. The van der Waals surface area contributed by atoms with Gasteiger partial charge in [0.25, 0.3) is 0 Å². The molecule has 0 fully saturated rings. The molecule has 0 saturated heterocycles. The quantitative estimate of drug-likeness (QED) is 0.778. The van der Waals surface area contributed by atoms with E-state index in [0.29, 0.717) is 5.02 Å². The van der Waals surface area contributed by atoms with Crippen molar-refractivity contribution in [2.24, 2.45) is 5.73 Å². The Hall–Kier alpha value is -0.400. The maximum Gasteiger partial charge on any atom is 0.0746 e. The van der Waals surface area contributed by atoms with Gasteiger partial charge in [0.05, 0.1) is 29.0 Å². The van der Waals surface area contributed by atoms with Crippen molar-refractivity contribution in [2.45, 2.75) is 12.6 Å². The molecule has 114 valence electrons. The van der Waals surface area contributed by atoms with Crippen LogP contribution in [0.15, 0.2) is 33.3 Å². The second-order valence-electron chi connectivity index (χ2n) is 5.05. The van der Waals surface area contributed by atoms with Gasteiger partial charge in [-0.1, -0.05) is 27.5 Å². The van der Waals surface area contributed by atoms with Crippen LogP contribution in [0.2, 0.25) is 5.02 Å². The fraction of sp³-hybridized carbons (Fsp3) is 0.357. The van der Waals surface area contributed by atoms with Gasteiger partial charge in [0.1, 0.15) is 0 Å². The van der Waals surface area contributed by atoms with Crippen LogP contribution >= 0.6 is 43.5 Å². The SMILES string of the molecule is CN(C)CCn1ncc(Br)c1C(N)c1cc(Cl)ccc1Br. The normalized spacial score (nSPS) is 12.9. The minimum atomic E-state index is -0.308. The van der Waals surface area contributed by atoms with E-state index in [4.69, 9.17) is 17.3 Å². The number of likely N-dealkylation sites (N-methyl/N-ethyl adjacent to an activating group) is 1. The van der Waals surface area contributed by atoms with E-state index in [9.17, 15) is 0 Å². The maximum atomic E-state index is 6.45. The standard InChI is InChI=1S/C14H17Br2ClN4/c1-20(2)5-6-21-14(12(16)8-19-21)13(18)10-7-9(17)3-4-11(10)15/h3-4,7-8,13H,5-6,18H2,1-2H3. The highest BCUT2D eigenvalue weighted by molar-refractivity contribution is 9.10. The Morgan fingerprint density at radius 3 is 2.71 bits per heavy atom.